The topological polar surface area (TPSA) is 56.8 Å². The summed E-state index contributed by atoms with van der Waals surface area (Å²) in [5.74, 6) is 1.76. The first-order valence-electron chi connectivity index (χ1n) is 7.63. The van der Waals surface area contributed by atoms with Gasteiger partial charge in [-0.2, -0.15) is 0 Å². The lowest BCUT2D eigenvalue weighted by Gasteiger charge is -2.13. The quantitative estimate of drug-likeness (QED) is 0.650. The van der Waals surface area contributed by atoms with Crippen LogP contribution in [0, 0.1) is 3.57 Å². The van der Waals surface area contributed by atoms with Gasteiger partial charge in [0.1, 0.15) is 5.75 Å². The normalized spacial score (nSPS) is 10.2. The predicted octanol–water partition coefficient (Wildman–Crippen LogP) is 4.35. The Morgan fingerprint density at radius 3 is 2.33 bits per heavy atom. The van der Waals surface area contributed by atoms with Crippen LogP contribution in [0.1, 0.15) is 24.2 Å². The minimum absolute atomic E-state index is 0.208. The van der Waals surface area contributed by atoms with Crippen LogP contribution in [0.25, 0.3) is 0 Å². The fraction of sp³-hybridized carbons (Fsp3) is 0.278. The van der Waals surface area contributed by atoms with Crippen LogP contribution in [-0.4, -0.2) is 26.2 Å². The lowest BCUT2D eigenvalue weighted by atomic mass is 10.1. The molecule has 128 valence electrons. The molecule has 2 rings (SSSR count). The largest absolute Gasteiger partial charge is 0.494 e. The second kappa shape index (κ2) is 8.77. The third-order valence-corrected chi connectivity index (χ3v) is 4.00. The SMILES string of the molecule is CCOc1ccc(NC(=O)c2cc(I)c(OC)c(OCC)c2)cc1. The molecule has 0 aliphatic heterocycles. The number of benzene rings is 2. The number of hydrogen-bond donors (Lipinski definition) is 1. The van der Waals surface area contributed by atoms with Crippen LogP contribution in [0.5, 0.6) is 17.2 Å². The van der Waals surface area contributed by atoms with E-state index in [-0.39, 0.29) is 5.91 Å². The van der Waals surface area contributed by atoms with Crippen molar-refractivity contribution in [3.63, 3.8) is 0 Å². The highest BCUT2D eigenvalue weighted by atomic mass is 127. The number of halogens is 1. The maximum Gasteiger partial charge on any atom is 0.255 e. The minimum atomic E-state index is -0.208. The zero-order valence-electron chi connectivity index (χ0n) is 13.9. The van der Waals surface area contributed by atoms with E-state index in [9.17, 15) is 4.79 Å². The van der Waals surface area contributed by atoms with Crippen LogP contribution in [0.4, 0.5) is 5.69 Å². The molecule has 0 bridgehead atoms. The highest BCUT2D eigenvalue weighted by Crippen LogP contribution is 2.34. The van der Waals surface area contributed by atoms with Crippen LogP contribution >= 0.6 is 22.6 Å². The van der Waals surface area contributed by atoms with Crippen molar-refractivity contribution in [2.24, 2.45) is 0 Å². The summed E-state index contributed by atoms with van der Waals surface area (Å²) in [6, 6.07) is 10.7. The number of carbonyl (C=O) groups is 1. The van der Waals surface area contributed by atoms with E-state index in [0.29, 0.717) is 36.0 Å². The molecule has 0 fully saturated rings. The van der Waals surface area contributed by atoms with E-state index < -0.39 is 0 Å². The van der Waals surface area contributed by atoms with Gasteiger partial charge in [0.15, 0.2) is 11.5 Å². The summed E-state index contributed by atoms with van der Waals surface area (Å²) >= 11 is 2.13. The van der Waals surface area contributed by atoms with Gasteiger partial charge in [-0.1, -0.05) is 0 Å². The average Bonchev–Trinajstić information content (AvgIpc) is 2.57. The molecule has 0 saturated heterocycles. The lowest BCUT2D eigenvalue weighted by Crippen LogP contribution is -2.13. The summed E-state index contributed by atoms with van der Waals surface area (Å²) in [7, 11) is 1.58. The van der Waals surface area contributed by atoms with E-state index in [2.05, 4.69) is 27.9 Å². The molecule has 0 radical (unpaired) electrons. The number of ether oxygens (including phenoxy) is 3. The molecule has 0 aliphatic carbocycles. The molecule has 1 amide bonds. The maximum absolute atomic E-state index is 12.5. The van der Waals surface area contributed by atoms with Crippen LogP contribution < -0.4 is 19.5 Å². The molecule has 1 N–H and O–H groups in total. The Morgan fingerprint density at radius 1 is 1.08 bits per heavy atom. The van der Waals surface area contributed by atoms with Gasteiger partial charge in [-0.3, -0.25) is 4.79 Å². The second-order valence-corrected chi connectivity index (χ2v) is 6.00. The van der Waals surface area contributed by atoms with E-state index in [0.717, 1.165) is 9.32 Å². The lowest BCUT2D eigenvalue weighted by molar-refractivity contribution is 0.102. The number of amides is 1. The molecule has 2 aromatic rings. The van der Waals surface area contributed by atoms with E-state index >= 15 is 0 Å². The second-order valence-electron chi connectivity index (χ2n) is 4.83. The predicted molar refractivity (Wildman–Crippen MR) is 102 cm³/mol. The van der Waals surface area contributed by atoms with Gasteiger partial charge in [-0.25, -0.2) is 0 Å². The highest BCUT2D eigenvalue weighted by molar-refractivity contribution is 14.1. The molecule has 0 spiro atoms. The Hall–Kier alpha value is -1.96. The zero-order valence-corrected chi connectivity index (χ0v) is 16.0. The molecule has 0 aliphatic rings. The standard InChI is InChI=1S/C18H20INO4/c1-4-23-14-8-6-13(7-9-14)20-18(21)12-10-15(19)17(22-3)16(11-12)24-5-2/h6-11H,4-5H2,1-3H3,(H,20,21). The van der Waals surface area contributed by atoms with Crippen molar-refractivity contribution in [3.8, 4) is 17.2 Å². The van der Waals surface area contributed by atoms with Gasteiger partial charge in [0.25, 0.3) is 5.91 Å². The molecule has 6 heteroatoms. The number of anilines is 1. The van der Waals surface area contributed by atoms with Gasteiger partial charge < -0.3 is 19.5 Å². The van der Waals surface area contributed by atoms with E-state index in [4.69, 9.17) is 14.2 Å². The first kappa shape index (κ1) is 18.4. The van der Waals surface area contributed by atoms with Crippen molar-refractivity contribution < 1.29 is 19.0 Å². The number of carbonyl (C=O) groups excluding carboxylic acids is 1. The van der Waals surface area contributed by atoms with Gasteiger partial charge >= 0.3 is 0 Å². The van der Waals surface area contributed by atoms with E-state index in [1.807, 2.05) is 26.0 Å². The molecule has 0 unspecified atom stereocenters. The van der Waals surface area contributed by atoms with Crippen molar-refractivity contribution in [2.45, 2.75) is 13.8 Å². The summed E-state index contributed by atoms with van der Waals surface area (Å²) < 4.78 is 17.1. The molecular weight excluding hydrogens is 421 g/mol. The van der Waals surface area contributed by atoms with Crippen molar-refractivity contribution in [1.29, 1.82) is 0 Å². The van der Waals surface area contributed by atoms with Crippen LogP contribution in [-0.2, 0) is 0 Å². The maximum atomic E-state index is 12.5. The number of hydrogen-bond acceptors (Lipinski definition) is 4. The smallest absolute Gasteiger partial charge is 0.255 e. The molecular formula is C18H20INO4. The molecule has 24 heavy (non-hydrogen) atoms. The van der Waals surface area contributed by atoms with Crippen molar-refractivity contribution in [3.05, 3.63) is 45.5 Å². The van der Waals surface area contributed by atoms with Gasteiger partial charge in [0, 0.05) is 11.3 Å². The van der Waals surface area contributed by atoms with Crippen molar-refractivity contribution in [1.82, 2.24) is 0 Å². The first-order chi connectivity index (χ1) is 11.6. The summed E-state index contributed by atoms with van der Waals surface area (Å²) in [4.78, 5) is 12.5. The fourth-order valence-electron chi connectivity index (χ4n) is 2.16. The van der Waals surface area contributed by atoms with Gasteiger partial charge in [-0.15, -0.1) is 0 Å². The minimum Gasteiger partial charge on any atom is -0.494 e. The zero-order chi connectivity index (χ0) is 17.5. The third kappa shape index (κ3) is 4.53. The number of nitrogens with one attached hydrogen (secondary N) is 1. The van der Waals surface area contributed by atoms with Gasteiger partial charge in [-0.05, 0) is 72.8 Å². The summed E-state index contributed by atoms with van der Waals surface area (Å²) in [5, 5.41) is 2.87. The Kier molecular flexibility index (Phi) is 6.72. The van der Waals surface area contributed by atoms with Crippen LogP contribution in [0.2, 0.25) is 0 Å². The van der Waals surface area contributed by atoms with E-state index in [1.54, 1.807) is 31.4 Å². The Bertz CT molecular complexity index is 701. The molecule has 0 saturated carbocycles. The van der Waals surface area contributed by atoms with E-state index in [1.165, 1.54) is 0 Å². The average molecular weight is 441 g/mol. The summed E-state index contributed by atoms with van der Waals surface area (Å²) in [5.41, 5.74) is 1.21. The first-order valence-corrected chi connectivity index (χ1v) is 8.71. The highest BCUT2D eigenvalue weighted by Gasteiger charge is 2.15. The monoisotopic (exact) mass is 441 g/mol. The Labute approximate surface area is 155 Å². The Morgan fingerprint density at radius 2 is 1.75 bits per heavy atom. The van der Waals surface area contributed by atoms with Crippen molar-refractivity contribution in [2.75, 3.05) is 25.6 Å². The number of methoxy groups -OCH3 is 1. The van der Waals surface area contributed by atoms with Crippen LogP contribution in [0.15, 0.2) is 36.4 Å². The molecule has 2 aromatic carbocycles. The molecule has 0 heterocycles. The molecule has 0 atom stereocenters. The fourth-order valence-corrected chi connectivity index (χ4v) is 2.99. The molecule has 5 nitrogen and oxygen atoms in total. The van der Waals surface area contributed by atoms with Gasteiger partial charge in [0.2, 0.25) is 0 Å². The third-order valence-electron chi connectivity index (χ3n) is 3.20. The summed E-state index contributed by atoms with van der Waals surface area (Å²) in [6.45, 7) is 4.92. The Balaban J connectivity index is 2.19. The van der Waals surface area contributed by atoms with Crippen molar-refractivity contribution >= 4 is 34.2 Å². The molecule has 0 aromatic heterocycles. The van der Waals surface area contributed by atoms with Crippen LogP contribution in [0.3, 0.4) is 0 Å². The number of rotatable bonds is 7. The van der Waals surface area contributed by atoms with Gasteiger partial charge in [0.05, 0.1) is 23.9 Å². The summed E-state index contributed by atoms with van der Waals surface area (Å²) in [6.07, 6.45) is 0.